The van der Waals surface area contributed by atoms with E-state index in [1.165, 1.54) is 0 Å². The first-order chi connectivity index (χ1) is 9.28. The molecule has 0 aromatic heterocycles. The zero-order valence-corrected chi connectivity index (χ0v) is 12.7. The molecule has 2 rings (SSSR count). The van der Waals surface area contributed by atoms with Crippen LogP contribution in [0.15, 0.2) is 45.8 Å². The molecule has 3 nitrogen and oxygen atoms in total. The summed E-state index contributed by atoms with van der Waals surface area (Å²) in [5.74, 6) is -1.97. The highest BCUT2D eigenvalue weighted by molar-refractivity contribution is 9.10. The Balaban J connectivity index is 2.40. The maximum Gasteiger partial charge on any atom is 0.264 e. The minimum absolute atomic E-state index is 0.292. The van der Waals surface area contributed by atoms with Crippen molar-refractivity contribution in [3.8, 4) is 0 Å². The van der Waals surface area contributed by atoms with E-state index in [9.17, 15) is 17.2 Å². The van der Waals surface area contributed by atoms with Gasteiger partial charge in [0.1, 0.15) is 16.5 Å². The molecule has 0 saturated carbocycles. The zero-order valence-electron chi connectivity index (χ0n) is 10.3. The lowest BCUT2D eigenvalue weighted by Crippen LogP contribution is -2.14. The molecular weight excluding hydrogens is 352 g/mol. The van der Waals surface area contributed by atoms with Gasteiger partial charge < -0.3 is 0 Å². The molecule has 0 spiro atoms. The second kappa shape index (κ2) is 5.49. The number of hydrogen-bond donors (Lipinski definition) is 1. The van der Waals surface area contributed by atoms with Crippen molar-refractivity contribution in [2.24, 2.45) is 0 Å². The lowest BCUT2D eigenvalue weighted by molar-refractivity contribution is 0.551. The van der Waals surface area contributed by atoms with Crippen molar-refractivity contribution in [1.82, 2.24) is 0 Å². The summed E-state index contributed by atoms with van der Waals surface area (Å²) in [4.78, 5) is -0.600. The van der Waals surface area contributed by atoms with Crippen LogP contribution in [0.2, 0.25) is 0 Å². The van der Waals surface area contributed by atoms with Gasteiger partial charge in [-0.2, -0.15) is 0 Å². The zero-order chi connectivity index (χ0) is 14.9. The molecule has 0 heterocycles. The minimum atomic E-state index is -4.11. The monoisotopic (exact) mass is 361 g/mol. The molecule has 0 fully saturated rings. The summed E-state index contributed by atoms with van der Waals surface area (Å²) >= 11 is 3.24. The fraction of sp³-hybridized carbons (Fsp3) is 0.0769. The number of aryl methyl sites for hydroxylation is 1. The van der Waals surface area contributed by atoms with Gasteiger partial charge in [0, 0.05) is 10.5 Å². The largest absolute Gasteiger partial charge is 0.279 e. The van der Waals surface area contributed by atoms with E-state index in [0.717, 1.165) is 17.7 Å². The third kappa shape index (κ3) is 3.34. The lowest BCUT2D eigenvalue weighted by Gasteiger charge is -2.10. The molecule has 1 N–H and O–H groups in total. The summed E-state index contributed by atoms with van der Waals surface area (Å²) in [7, 11) is -4.11. The van der Waals surface area contributed by atoms with E-state index in [1.54, 1.807) is 25.1 Å². The van der Waals surface area contributed by atoms with Crippen molar-refractivity contribution in [2.75, 3.05) is 4.72 Å². The van der Waals surface area contributed by atoms with Gasteiger partial charge in [-0.25, -0.2) is 17.2 Å². The molecule has 7 heteroatoms. The summed E-state index contributed by atoms with van der Waals surface area (Å²) in [6.07, 6.45) is 0. The first-order valence-electron chi connectivity index (χ1n) is 5.53. The minimum Gasteiger partial charge on any atom is -0.279 e. The van der Waals surface area contributed by atoms with Gasteiger partial charge in [0.05, 0.1) is 5.69 Å². The number of sulfonamides is 1. The number of hydrogen-bond acceptors (Lipinski definition) is 2. The Labute approximate surface area is 123 Å². The first-order valence-corrected chi connectivity index (χ1v) is 7.80. The molecule has 0 aliphatic carbocycles. The van der Waals surface area contributed by atoms with Crippen LogP contribution < -0.4 is 4.72 Å². The molecular formula is C13H10BrF2NO2S. The van der Waals surface area contributed by atoms with Crippen molar-refractivity contribution in [2.45, 2.75) is 11.8 Å². The molecule has 0 atom stereocenters. The van der Waals surface area contributed by atoms with Gasteiger partial charge in [-0.15, -0.1) is 0 Å². The maximum atomic E-state index is 13.5. The van der Waals surface area contributed by atoms with E-state index in [-0.39, 0.29) is 0 Å². The Morgan fingerprint density at radius 1 is 1.10 bits per heavy atom. The van der Waals surface area contributed by atoms with Crippen molar-refractivity contribution < 1.29 is 17.2 Å². The van der Waals surface area contributed by atoms with Gasteiger partial charge in [0.2, 0.25) is 0 Å². The number of rotatable bonds is 3. The smallest absolute Gasteiger partial charge is 0.264 e. The standard InChI is InChI=1S/C13H10BrF2NO2S/c1-8-4-9(14)6-11(5-8)17-20(18,19)13-3-2-10(15)7-12(13)16/h2-7,17H,1H3. The van der Waals surface area contributed by atoms with Gasteiger partial charge in [-0.3, -0.25) is 4.72 Å². The fourth-order valence-electron chi connectivity index (χ4n) is 1.70. The molecule has 2 aromatic rings. The van der Waals surface area contributed by atoms with Crippen molar-refractivity contribution in [3.05, 3.63) is 58.1 Å². The SMILES string of the molecule is Cc1cc(Br)cc(NS(=O)(=O)c2ccc(F)cc2F)c1. The van der Waals surface area contributed by atoms with E-state index in [4.69, 9.17) is 0 Å². The van der Waals surface area contributed by atoms with Gasteiger partial charge in [0.15, 0.2) is 0 Å². The van der Waals surface area contributed by atoms with Crippen LogP contribution in [0.25, 0.3) is 0 Å². The van der Waals surface area contributed by atoms with Crippen LogP contribution in [-0.4, -0.2) is 8.42 Å². The predicted octanol–water partition coefficient (Wildman–Crippen LogP) is 3.84. The van der Waals surface area contributed by atoms with Crippen LogP contribution >= 0.6 is 15.9 Å². The van der Waals surface area contributed by atoms with Crippen molar-refractivity contribution in [3.63, 3.8) is 0 Å². The quantitative estimate of drug-likeness (QED) is 0.902. The van der Waals surface area contributed by atoms with E-state index in [2.05, 4.69) is 20.7 Å². The predicted molar refractivity (Wildman–Crippen MR) is 76.0 cm³/mol. The molecule has 0 aliphatic heterocycles. The number of anilines is 1. The highest BCUT2D eigenvalue weighted by Gasteiger charge is 2.19. The molecule has 0 bridgehead atoms. The van der Waals surface area contributed by atoms with Crippen molar-refractivity contribution in [1.29, 1.82) is 0 Å². The summed E-state index contributed by atoms with van der Waals surface area (Å²) in [5.41, 5.74) is 1.12. The van der Waals surface area contributed by atoms with Crippen LogP contribution in [0.5, 0.6) is 0 Å². The molecule has 20 heavy (non-hydrogen) atoms. The van der Waals surface area contributed by atoms with Gasteiger partial charge >= 0.3 is 0 Å². The highest BCUT2D eigenvalue weighted by Crippen LogP contribution is 2.23. The molecule has 106 valence electrons. The Bertz CT molecular complexity index is 743. The topological polar surface area (TPSA) is 46.2 Å². The van der Waals surface area contributed by atoms with Crippen LogP contribution in [0, 0.1) is 18.6 Å². The first kappa shape index (κ1) is 14.9. The average Bonchev–Trinajstić information content (AvgIpc) is 2.25. The van der Waals surface area contributed by atoms with E-state index < -0.39 is 26.6 Å². The summed E-state index contributed by atoms with van der Waals surface area (Å²) in [6, 6.07) is 7.26. The normalized spacial score (nSPS) is 11.4. The lowest BCUT2D eigenvalue weighted by atomic mass is 10.2. The molecule has 0 aliphatic rings. The molecule has 0 unspecified atom stereocenters. The van der Waals surface area contributed by atoms with Crippen LogP contribution in [0.1, 0.15) is 5.56 Å². The Kier molecular flexibility index (Phi) is 4.10. The third-order valence-electron chi connectivity index (χ3n) is 2.48. The average molecular weight is 362 g/mol. The second-order valence-corrected chi connectivity index (χ2v) is 6.76. The summed E-state index contributed by atoms with van der Waals surface area (Å²) in [6.45, 7) is 1.79. The van der Waals surface area contributed by atoms with Crippen molar-refractivity contribution >= 4 is 31.6 Å². The molecule has 0 radical (unpaired) electrons. The van der Waals surface area contributed by atoms with Gasteiger partial charge in [-0.05, 0) is 42.8 Å². The highest BCUT2D eigenvalue weighted by atomic mass is 79.9. The number of benzene rings is 2. The summed E-state index contributed by atoms with van der Waals surface area (Å²) in [5, 5.41) is 0. The Hall–Kier alpha value is -1.47. The second-order valence-electron chi connectivity index (χ2n) is 4.20. The van der Waals surface area contributed by atoms with Crippen LogP contribution in [0.4, 0.5) is 14.5 Å². The van der Waals surface area contributed by atoms with E-state index in [0.29, 0.717) is 16.2 Å². The maximum absolute atomic E-state index is 13.5. The summed E-state index contributed by atoms with van der Waals surface area (Å²) < 4.78 is 53.4. The third-order valence-corrected chi connectivity index (χ3v) is 4.35. The van der Waals surface area contributed by atoms with E-state index >= 15 is 0 Å². The molecule has 0 saturated heterocycles. The Morgan fingerprint density at radius 3 is 2.40 bits per heavy atom. The fourth-order valence-corrected chi connectivity index (χ4v) is 3.41. The van der Waals surface area contributed by atoms with Gasteiger partial charge in [0.25, 0.3) is 10.0 Å². The van der Waals surface area contributed by atoms with Crippen LogP contribution in [-0.2, 0) is 10.0 Å². The van der Waals surface area contributed by atoms with Crippen LogP contribution in [0.3, 0.4) is 0 Å². The number of halogens is 3. The van der Waals surface area contributed by atoms with E-state index in [1.807, 2.05) is 0 Å². The molecule has 0 amide bonds. The van der Waals surface area contributed by atoms with Gasteiger partial charge in [-0.1, -0.05) is 15.9 Å². The Morgan fingerprint density at radius 2 is 1.80 bits per heavy atom. The number of nitrogens with one attached hydrogen (secondary N) is 1. The molecule has 2 aromatic carbocycles.